The SMILES string of the molecule is CC(c1ccccc1)N1C(=O)/C(=C/c2ccc(COc3ccc(Br)cc3)o2)NC1=S. The Hall–Kier alpha value is -2.90. The first-order chi connectivity index (χ1) is 14.5. The highest BCUT2D eigenvalue weighted by atomic mass is 79.9. The van der Waals surface area contributed by atoms with Gasteiger partial charge in [-0.1, -0.05) is 46.3 Å². The van der Waals surface area contributed by atoms with Gasteiger partial charge in [0.2, 0.25) is 0 Å². The summed E-state index contributed by atoms with van der Waals surface area (Å²) >= 11 is 8.79. The van der Waals surface area contributed by atoms with Crippen molar-refractivity contribution in [2.75, 3.05) is 0 Å². The maximum Gasteiger partial charge on any atom is 0.277 e. The van der Waals surface area contributed by atoms with Gasteiger partial charge in [-0.2, -0.15) is 0 Å². The Morgan fingerprint density at radius 3 is 2.60 bits per heavy atom. The summed E-state index contributed by atoms with van der Waals surface area (Å²) in [6, 6.07) is 20.8. The van der Waals surface area contributed by atoms with Gasteiger partial charge in [0.1, 0.15) is 29.6 Å². The van der Waals surface area contributed by atoms with Crippen LogP contribution in [0.3, 0.4) is 0 Å². The molecule has 30 heavy (non-hydrogen) atoms. The summed E-state index contributed by atoms with van der Waals surface area (Å²) in [5, 5.41) is 3.38. The molecule has 7 heteroatoms. The number of furan rings is 1. The van der Waals surface area contributed by atoms with Gasteiger partial charge in [-0.15, -0.1) is 0 Å². The van der Waals surface area contributed by atoms with Gasteiger partial charge < -0.3 is 14.5 Å². The molecule has 152 valence electrons. The summed E-state index contributed by atoms with van der Waals surface area (Å²) in [7, 11) is 0. The molecule has 1 atom stereocenters. The molecule has 1 saturated heterocycles. The van der Waals surface area contributed by atoms with Crippen molar-refractivity contribution in [1.82, 2.24) is 10.2 Å². The maximum absolute atomic E-state index is 12.9. The smallest absolute Gasteiger partial charge is 0.277 e. The van der Waals surface area contributed by atoms with Crippen LogP contribution in [-0.2, 0) is 11.4 Å². The van der Waals surface area contributed by atoms with Crippen molar-refractivity contribution in [2.45, 2.75) is 19.6 Å². The molecule has 1 amide bonds. The third-order valence-corrected chi connectivity index (χ3v) is 5.57. The molecule has 1 aliphatic heterocycles. The van der Waals surface area contributed by atoms with E-state index in [9.17, 15) is 4.79 Å². The van der Waals surface area contributed by atoms with E-state index < -0.39 is 0 Å². The van der Waals surface area contributed by atoms with Crippen LogP contribution in [0.15, 0.2) is 81.3 Å². The first-order valence-electron chi connectivity index (χ1n) is 9.39. The van der Waals surface area contributed by atoms with Gasteiger partial charge in [-0.3, -0.25) is 9.69 Å². The average molecular weight is 483 g/mol. The lowest BCUT2D eigenvalue weighted by molar-refractivity contribution is -0.123. The second-order valence-electron chi connectivity index (χ2n) is 6.80. The standard InChI is InChI=1S/C23H19BrN2O3S/c1-15(16-5-3-2-4-6-16)26-22(27)21(25-23(26)30)13-19-11-12-20(29-19)14-28-18-9-7-17(24)8-10-18/h2-13,15H,14H2,1H3,(H,25,30)/b21-13-. The number of ether oxygens (including phenoxy) is 1. The van der Waals surface area contributed by atoms with Crippen LogP contribution in [0.1, 0.15) is 30.0 Å². The van der Waals surface area contributed by atoms with E-state index in [2.05, 4.69) is 21.2 Å². The molecule has 2 aromatic carbocycles. The van der Waals surface area contributed by atoms with Crippen molar-refractivity contribution in [3.05, 3.63) is 94.0 Å². The Labute approximate surface area is 188 Å². The summed E-state index contributed by atoms with van der Waals surface area (Å²) in [4.78, 5) is 14.5. The normalized spacial score (nSPS) is 16.1. The van der Waals surface area contributed by atoms with E-state index in [-0.39, 0.29) is 11.9 Å². The Morgan fingerprint density at radius 2 is 1.87 bits per heavy atom. The van der Waals surface area contributed by atoms with E-state index in [0.717, 1.165) is 15.8 Å². The summed E-state index contributed by atoms with van der Waals surface area (Å²) in [6.45, 7) is 2.25. The first kappa shape index (κ1) is 20.4. The number of nitrogens with one attached hydrogen (secondary N) is 1. The van der Waals surface area contributed by atoms with Gasteiger partial charge >= 0.3 is 0 Å². The van der Waals surface area contributed by atoms with Crippen molar-refractivity contribution in [1.29, 1.82) is 0 Å². The van der Waals surface area contributed by atoms with Crippen molar-refractivity contribution in [3.63, 3.8) is 0 Å². The highest BCUT2D eigenvalue weighted by Crippen LogP contribution is 2.26. The zero-order valence-corrected chi connectivity index (χ0v) is 18.6. The Kier molecular flexibility index (Phi) is 6.01. The van der Waals surface area contributed by atoms with Crippen LogP contribution in [0.2, 0.25) is 0 Å². The Bertz CT molecular complexity index is 1090. The lowest BCUT2D eigenvalue weighted by Gasteiger charge is -2.23. The summed E-state index contributed by atoms with van der Waals surface area (Å²) in [5.41, 5.74) is 1.40. The van der Waals surface area contributed by atoms with Gasteiger partial charge in [-0.05, 0) is 61.1 Å². The second kappa shape index (κ2) is 8.85. The van der Waals surface area contributed by atoms with Crippen LogP contribution in [-0.4, -0.2) is 15.9 Å². The zero-order valence-electron chi connectivity index (χ0n) is 16.2. The van der Waals surface area contributed by atoms with E-state index in [1.165, 1.54) is 0 Å². The van der Waals surface area contributed by atoms with Crippen LogP contribution < -0.4 is 10.1 Å². The molecule has 1 unspecified atom stereocenters. The number of halogens is 1. The number of nitrogens with zero attached hydrogens (tertiary/aromatic N) is 1. The van der Waals surface area contributed by atoms with E-state index in [4.69, 9.17) is 21.4 Å². The number of carbonyl (C=O) groups is 1. The van der Waals surface area contributed by atoms with E-state index in [1.807, 2.05) is 67.6 Å². The zero-order chi connectivity index (χ0) is 21.1. The predicted molar refractivity (Wildman–Crippen MR) is 123 cm³/mol. The van der Waals surface area contributed by atoms with Gasteiger partial charge in [0, 0.05) is 10.5 Å². The fraction of sp³-hybridized carbons (Fsp3) is 0.130. The molecule has 1 N–H and O–H groups in total. The predicted octanol–water partition coefficient (Wildman–Crippen LogP) is 5.44. The number of thiocarbonyl (C=S) groups is 1. The molecule has 4 rings (SSSR count). The summed E-state index contributed by atoms with van der Waals surface area (Å²) < 4.78 is 12.5. The molecule has 0 spiro atoms. The van der Waals surface area contributed by atoms with Crippen LogP contribution in [0.25, 0.3) is 6.08 Å². The minimum Gasteiger partial charge on any atom is -0.486 e. The molecule has 0 saturated carbocycles. The molecular formula is C23H19BrN2O3S. The van der Waals surface area contributed by atoms with Crippen LogP contribution >= 0.6 is 28.1 Å². The number of amides is 1. The maximum atomic E-state index is 12.9. The van der Waals surface area contributed by atoms with Crippen molar-refractivity contribution in [3.8, 4) is 5.75 Å². The highest BCUT2D eigenvalue weighted by Gasteiger charge is 2.35. The van der Waals surface area contributed by atoms with E-state index in [0.29, 0.717) is 28.9 Å². The quantitative estimate of drug-likeness (QED) is 0.374. The number of carbonyl (C=O) groups excluding carboxylic acids is 1. The Morgan fingerprint density at radius 1 is 1.13 bits per heavy atom. The first-order valence-corrected chi connectivity index (χ1v) is 10.6. The largest absolute Gasteiger partial charge is 0.486 e. The van der Waals surface area contributed by atoms with Gasteiger partial charge in [-0.25, -0.2) is 0 Å². The molecule has 1 fully saturated rings. The molecule has 1 aliphatic rings. The topological polar surface area (TPSA) is 54.7 Å². The lowest BCUT2D eigenvalue weighted by Crippen LogP contribution is -2.33. The summed E-state index contributed by atoms with van der Waals surface area (Å²) in [6.07, 6.45) is 1.66. The molecule has 1 aromatic heterocycles. The molecule has 2 heterocycles. The van der Waals surface area contributed by atoms with E-state index in [1.54, 1.807) is 17.0 Å². The van der Waals surface area contributed by atoms with Crippen molar-refractivity contribution >= 4 is 45.2 Å². The van der Waals surface area contributed by atoms with Crippen molar-refractivity contribution in [2.24, 2.45) is 0 Å². The number of rotatable bonds is 6. The second-order valence-corrected chi connectivity index (χ2v) is 8.10. The molecule has 3 aromatic rings. The van der Waals surface area contributed by atoms with E-state index >= 15 is 0 Å². The van der Waals surface area contributed by atoms with Crippen LogP contribution in [0.5, 0.6) is 5.75 Å². The fourth-order valence-corrected chi connectivity index (χ4v) is 3.77. The van der Waals surface area contributed by atoms with Gasteiger partial charge in [0.05, 0.1) is 6.04 Å². The third kappa shape index (κ3) is 4.47. The van der Waals surface area contributed by atoms with Crippen LogP contribution in [0, 0.1) is 0 Å². The van der Waals surface area contributed by atoms with Crippen LogP contribution in [0.4, 0.5) is 0 Å². The summed E-state index contributed by atoms with van der Waals surface area (Å²) in [5.74, 6) is 1.78. The molecule has 0 radical (unpaired) electrons. The average Bonchev–Trinajstić information content (AvgIpc) is 3.31. The number of benzene rings is 2. The molecule has 0 bridgehead atoms. The van der Waals surface area contributed by atoms with Gasteiger partial charge in [0.15, 0.2) is 5.11 Å². The lowest BCUT2D eigenvalue weighted by atomic mass is 10.1. The number of hydrogen-bond acceptors (Lipinski definition) is 4. The molecule has 0 aliphatic carbocycles. The monoisotopic (exact) mass is 482 g/mol. The fourth-order valence-electron chi connectivity index (χ4n) is 3.16. The molecule has 5 nitrogen and oxygen atoms in total. The van der Waals surface area contributed by atoms with Gasteiger partial charge in [0.25, 0.3) is 5.91 Å². The minimum atomic E-state index is -0.180. The number of hydrogen-bond donors (Lipinski definition) is 1. The molecular weight excluding hydrogens is 464 g/mol. The van der Waals surface area contributed by atoms with Crippen molar-refractivity contribution < 1.29 is 13.9 Å². The third-order valence-electron chi connectivity index (χ3n) is 4.74. The minimum absolute atomic E-state index is 0.170. The Balaban J connectivity index is 1.44. The highest BCUT2D eigenvalue weighted by molar-refractivity contribution is 9.10.